The Morgan fingerprint density at radius 3 is 2.06 bits per heavy atom. The Morgan fingerprint density at radius 1 is 0.857 bits per heavy atom. The van der Waals surface area contributed by atoms with Crippen LogP contribution in [-0.2, 0) is 9.59 Å². The van der Waals surface area contributed by atoms with E-state index in [1.165, 1.54) is 82.1 Å². The second-order valence-electron chi connectivity index (χ2n) is 9.58. The van der Waals surface area contributed by atoms with E-state index >= 15 is 0 Å². The molecule has 0 saturated carbocycles. The van der Waals surface area contributed by atoms with Gasteiger partial charge in [-0.3, -0.25) is 14.4 Å². The quantitative estimate of drug-likeness (QED) is 0.289. The van der Waals surface area contributed by atoms with Crippen LogP contribution in [0.5, 0.6) is 0 Å². The number of likely N-dealkylation sites (tertiary alicyclic amines) is 1. The first kappa shape index (κ1) is 28.8. The van der Waals surface area contributed by atoms with Crippen molar-refractivity contribution in [2.45, 2.75) is 103 Å². The Morgan fingerprint density at radius 2 is 1.43 bits per heavy atom. The summed E-state index contributed by atoms with van der Waals surface area (Å²) in [6.07, 6.45) is 15.7. The number of rotatable bonds is 17. The fourth-order valence-electron chi connectivity index (χ4n) is 4.60. The highest BCUT2D eigenvalue weighted by molar-refractivity contribution is 5.94. The average molecular weight is 490 g/mol. The summed E-state index contributed by atoms with van der Waals surface area (Å²) in [6.45, 7) is 3.42. The maximum Gasteiger partial charge on any atom is 0.251 e. The first-order chi connectivity index (χ1) is 17.0. The molecular formula is C28H44FN3O3. The van der Waals surface area contributed by atoms with Crippen molar-refractivity contribution in [3.63, 3.8) is 0 Å². The van der Waals surface area contributed by atoms with E-state index in [0.717, 1.165) is 19.3 Å². The van der Waals surface area contributed by atoms with Crippen LogP contribution in [0.1, 0.15) is 107 Å². The van der Waals surface area contributed by atoms with Crippen LogP contribution in [0.2, 0.25) is 0 Å². The largest absolute Gasteiger partial charge is 0.353 e. The summed E-state index contributed by atoms with van der Waals surface area (Å²) in [7, 11) is 0. The van der Waals surface area contributed by atoms with Crippen LogP contribution in [0.4, 0.5) is 4.39 Å². The zero-order valence-corrected chi connectivity index (χ0v) is 21.5. The Labute approximate surface area is 210 Å². The number of hydrogen-bond donors (Lipinski definition) is 2. The minimum atomic E-state index is -0.414. The molecule has 6 nitrogen and oxygen atoms in total. The standard InChI is InChI=1S/C28H44FN3O3/c1-2-3-4-5-6-7-8-9-10-11-12-15-26(33)32-22-13-14-25(32)28(35)31-21-20-30-27(34)23-16-18-24(29)19-17-23/h16-19,25H,2-15,20-22H2,1H3,(H,30,34)(H,31,35)/t25-/m0/s1. The molecule has 0 aliphatic carbocycles. The lowest BCUT2D eigenvalue weighted by Crippen LogP contribution is -2.47. The minimum Gasteiger partial charge on any atom is -0.353 e. The number of halogens is 1. The molecule has 7 heteroatoms. The summed E-state index contributed by atoms with van der Waals surface area (Å²) in [5, 5.41) is 5.54. The molecule has 2 rings (SSSR count). The van der Waals surface area contributed by atoms with Crippen LogP contribution in [-0.4, -0.2) is 48.3 Å². The number of unbranched alkanes of at least 4 members (excludes halogenated alkanes) is 10. The van der Waals surface area contributed by atoms with Crippen LogP contribution < -0.4 is 10.6 Å². The van der Waals surface area contributed by atoms with Gasteiger partial charge in [0.15, 0.2) is 0 Å². The van der Waals surface area contributed by atoms with Gasteiger partial charge in [-0.1, -0.05) is 71.1 Å². The third-order valence-electron chi connectivity index (χ3n) is 6.69. The van der Waals surface area contributed by atoms with Gasteiger partial charge in [0.25, 0.3) is 5.91 Å². The number of carbonyl (C=O) groups is 3. The van der Waals surface area contributed by atoms with Crippen molar-refractivity contribution in [3.05, 3.63) is 35.6 Å². The molecule has 1 aliphatic heterocycles. The van der Waals surface area contributed by atoms with Gasteiger partial charge in [0.05, 0.1) is 0 Å². The van der Waals surface area contributed by atoms with Crippen molar-refractivity contribution in [1.29, 1.82) is 0 Å². The van der Waals surface area contributed by atoms with Gasteiger partial charge in [0, 0.05) is 31.6 Å². The zero-order chi connectivity index (χ0) is 25.3. The third kappa shape index (κ3) is 11.2. The van der Waals surface area contributed by atoms with E-state index < -0.39 is 11.9 Å². The summed E-state index contributed by atoms with van der Waals surface area (Å²) in [6, 6.07) is 4.89. The van der Waals surface area contributed by atoms with Gasteiger partial charge in [-0.05, 0) is 43.5 Å². The number of nitrogens with zero attached hydrogens (tertiary/aromatic N) is 1. The molecule has 0 radical (unpaired) electrons. The summed E-state index contributed by atoms with van der Waals surface area (Å²) in [5.41, 5.74) is 0.368. The van der Waals surface area contributed by atoms with E-state index in [4.69, 9.17) is 0 Å². The van der Waals surface area contributed by atoms with E-state index in [9.17, 15) is 18.8 Å². The van der Waals surface area contributed by atoms with Gasteiger partial charge in [0.1, 0.15) is 11.9 Å². The molecule has 0 bridgehead atoms. The Kier molecular flexibility index (Phi) is 14.0. The molecule has 35 heavy (non-hydrogen) atoms. The molecule has 2 N–H and O–H groups in total. The molecule has 196 valence electrons. The van der Waals surface area contributed by atoms with Gasteiger partial charge in [-0.2, -0.15) is 0 Å². The second-order valence-corrected chi connectivity index (χ2v) is 9.58. The predicted octanol–water partition coefficient (Wildman–Crippen LogP) is 5.36. The Balaban J connectivity index is 1.55. The highest BCUT2D eigenvalue weighted by Crippen LogP contribution is 2.20. The molecule has 0 spiro atoms. The molecule has 1 heterocycles. The number of nitrogens with one attached hydrogen (secondary N) is 2. The van der Waals surface area contributed by atoms with Crippen molar-refractivity contribution in [2.24, 2.45) is 0 Å². The average Bonchev–Trinajstić information content (AvgIpc) is 3.35. The Bertz CT molecular complexity index is 769. The molecule has 1 fully saturated rings. The lowest BCUT2D eigenvalue weighted by atomic mass is 10.0. The van der Waals surface area contributed by atoms with Crippen LogP contribution in [0.25, 0.3) is 0 Å². The van der Waals surface area contributed by atoms with Crippen molar-refractivity contribution in [1.82, 2.24) is 15.5 Å². The molecule has 1 aromatic rings. The van der Waals surface area contributed by atoms with E-state index in [1.807, 2.05) is 0 Å². The van der Waals surface area contributed by atoms with Crippen LogP contribution in [0.3, 0.4) is 0 Å². The lowest BCUT2D eigenvalue weighted by Gasteiger charge is -2.24. The maximum atomic E-state index is 13.0. The Hall–Kier alpha value is -2.44. The molecule has 3 amide bonds. The van der Waals surface area contributed by atoms with Crippen LogP contribution in [0.15, 0.2) is 24.3 Å². The number of hydrogen-bond acceptors (Lipinski definition) is 3. The molecule has 1 atom stereocenters. The fraction of sp³-hybridized carbons (Fsp3) is 0.679. The van der Waals surface area contributed by atoms with Gasteiger partial charge in [-0.15, -0.1) is 0 Å². The fourth-order valence-corrected chi connectivity index (χ4v) is 4.60. The highest BCUT2D eigenvalue weighted by Gasteiger charge is 2.33. The van der Waals surface area contributed by atoms with Crippen molar-refractivity contribution < 1.29 is 18.8 Å². The smallest absolute Gasteiger partial charge is 0.251 e. The molecule has 1 aromatic carbocycles. The topological polar surface area (TPSA) is 78.5 Å². The SMILES string of the molecule is CCCCCCCCCCCCCC(=O)N1CCC[C@H]1C(=O)NCCNC(=O)c1ccc(F)cc1. The first-order valence-corrected chi connectivity index (χ1v) is 13.6. The predicted molar refractivity (Wildman–Crippen MR) is 138 cm³/mol. The van der Waals surface area contributed by atoms with E-state index in [-0.39, 0.29) is 30.8 Å². The molecule has 1 aliphatic rings. The minimum absolute atomic E-state index is 0.0724. The first-order valence-electron chi connectivity index (χ1n) is 13.6. The third-order valence-corrected chi connectivity index (χ3v) is 6.69. The van der Waals surface area contributed by atoms with Crippen LogP contribution in [0, 0.1) is 5.82 Å². The van der Waals surface area contributed by atoms with Crippen molar-refractivity contribution >= 4 is 17.7 Å². The monoisotopic (exact) mass is 489 g/mol. The lowest BCUT2D eigenvalue weighted by molar-refractivity contribution is -0.138. The summed E-state index contributed by atoms with van der Waals surface area (Å²) in [4.78, 5) is 39.1. The van der Waals surface area contributed by atoms with Gasteiger partial charge < -0.3 is 15.5 Å². The summed E-state index contributed by atoms with van der Waals surface area (Å²) < 4.78 is 13.0. The summed E-state index contributed by atoms with van der Waals surface area (Å²) in [5.74, 6) is -0.800. The second kappa shape index (κ2) is 17.1. The van der Waals surface area contributed by atoms with Gasteiger partial charge >= 0.3 is 0 Å². The number of carbonyl (C=O) groups excluding carboxylic acids is 3. The molecular weight excluding hydrogens is 445 g/mol. The highest BCUT2D eigenvalue weighted by atomic mass is 19.1. The number of amides is 3. The summed E-state index contributed by atoms with van der Waals surface area (Å²) >= 11 is 0. The zero-order valence-electron chi connectivity index (χ0n) is 21.5. The van der Waals surface area contributed by atoms with Crippen molar-refractivity contribution in [3.8, 4) is 0 Å². The maximum absolute atomic E-state index is 13.0. The van der Waals surface area contributed by atoms with Gasteiger partial charge in [-0.25, -0.2) is 4.39 Å². The van der Waals surface area contributed by atoms with Crippen molar-refractivity contribution in [2.75, 3.05) is 19.6 Å². The molecule has 0 unspecified atom stereocenters. The normalized spacial score (nSPS) is 15.3. The molecule has 0 aromatic heterocycles. The van der Waals surface area contributed by atoms with Gasteiger partial charge in [0.2, 0.25) is 11.8 Å². The van der Waals surface area contributed by atoms with E-state index in [2.05, 4.69) is 17.6 Å². The van der Waals surface area contributed by atoms with E-state index in [1.54, 1.807) is 4.90 Å². The number of benzene rings is 1. The van der Waals surface area contributed by atoms with E-state index in [0.29, 0.717) is 24.9 Å². The molecule has 1 saturated heterocycles. The van der Waals surface area contributed by atoms with Crippen LogP contribution >= 0.6 is 0 Å².